The SMILES string of the molecule is CNC(=O)c1cccc(-c2ccc(NC(=O)[C@H](C)NC)c(=O)n2Cc2cccc(-n3cc(C)c4cc(F)ccc43)c2)c1. The third-order valence-corrected chi connectivity index (χ3v) is 7.40. The second kappa shape index (κ2) is 11.8. The van der Waals surface area contributed by atoms with E-state index in [4.69, 9.17) is 0 Å². The first-order valence-corrected chi connectivity index (χ1v) is 13.6. The highest BCUT2D eigenvalue weighted by Gasteiger charge is 2.17. The number of aryl methyl sites for hydroxylation is 1. The summed E-state index contributed by atoms with van der Waals surface area (Å²) in [5.41, 5.74) is 5.03. The van der Waals surface area contributed by atoms with E-state index in [1.807, 2.05) is 48.0 Å². The Hall–Kier alpha value is -5.02. The van der Waals surface area contributed by atoms with E-state index < -0.39 is 6.04 Å². The van der Waals surface area contributed by atoms with E-state index in [0.717, 1.165) is 27.7 Å². The first-order chi connectivity index (χ1) is 20.2. The van der Waals surface area contributed by atoms with E-state index in [1.165, 1.54) is 12.1 Å². The molecule has 0 aliphatic heterocycles. The van der Waals surface area contributed by atoms with Gasteiger partial charge in [0.25, 0.3) is 11.5 Å². The molecule has 3 aromatic carbocycles. The second-order valence-corrected chi connectivity index (χ2v) is 10.2. The molecule has 0 bridgehead atoms. The van der Waals surface area contributed by atoms with Gasteiger partial charge < -0.3 is 25.1 Å². The van der Waals surface area contributed by atoms with E-state index in [0.29, 0.717) is 16.8 Å². The van der Waals surface area contributed by atoms with Crippen molar-refractivity contribution in [3.8, 4) is 16.9 Å². The van der Waals surface area contributed by atoms with E-state index >= 15 is 0 Å². The van der Waals surface area contributed by atoms with Crippen molar-refractivity contribution in [1.29, 1.82) is 0 Å². The molecule has 1 atom stereocenters. The lowest BCUT2D eigenvalue weighted by molar-refractivity contribution is -0.117. The Labute approximate surface area is 242 Å². The van der Waals surface area contributed by atoms with Gasteiger partial charge in [-0.1, -0.05) is 24.3 Å². The predicted octanol–water partition coefficient (Wildman–Crippen LogP) is 4.86. The average molecular weight is 566 g/mol. The number of benzene rings is 3. The number of aromatic nitrogens is 2. The molecule has 3 N–H and O–H groups in total. The van der Waals surface area contributed by atoms with Gasteiger partial charge in [0.1, 0.15) is 11.5 Å². The summed E-state index contributed by atoms with van der Waals surface area (Å²) in [5, 5.41) is 9.07. The third kappa shape index (κ3) is 5.59. The molecule has 2 heterocycles. The van der Waals surface area contributed by atoms with Crippen molar-refractivity contribution in [2.45, 2.75) is 26.4 Å². The minimum absolute atomic E-state index is 0.151. The van der Waals surface area contributed by atoms with E-state index in [1.54, 1.807) is 62.0 Å². The molecular formula is C33H32FN5O3. The highest BCUT2D eigenvalue weighted by molar-refractivity contribution is 5.96. The molecule has 0 aliphatic carbocycles. The van der Waals surface area contributed by atoms with Gasteiger partial charge in [0.15, 0.2) is 0 Å². The Morgan fingerprint density at radius 1 is 0.952 bits per heavy atom. The molecule has 0 fully saturated rings. The van der Waals surface area contributed by atoms with Crippen LogP contribution in [-0.4, -0.2) is 41.1 Å². The van der Waals surface area contributed by atoms with Crippen LogP contribution in [0.5, 0.6) is 0 Å². The lowest BCUT2D eigenvalue weighted by Crippen LogP contribution is -2.37. The number of nitrogens with one attached hydrogen (secondary N) is 3. The zero-order valence-corrected chi connectivity index (χ0v) is 23.9. The van der Waals surface area contributed by atoms with E-state index in [-0.39, 0.29) is 35.4 Å². The predicted molar refractivity (Wildman–Crippen MR) is 164 cm³/mol. The molecule has 5 aromatic rings. The zero-order valence-electron chi connectivity index (χ0n) is 23.9. The Morgan fingerprint density at radius 2 is 1.74 bits per heavy atom. The van der Waals surface area contributed by atoms with Crippen molar-refractivity contribution >= 4 is 28.4 Å². The van der Waals surface area contributed by atoms with Crippen LogP contribution in [0.1, 0.15) is 28.4 Å². The highest BCUT2D eigenvalue weighted by Crippen LogP contribution is 2.27. The first-order valence-electron chi connectivity index (χ1n) is 13.6. The maximum Gasteiger partial charge on any atom is 0.275 e. The molecule has 5 rings (SSSR count). The van der Waals surface area contributed by atoms with Gasteiger partial charge in [-0.15, -0.1) is 0 Å². The Balaban J connectivity index is 1.60. The lowest BCUT2D eigenvalue weighted by atomic mass is 10.1. The van der Waals surface area contributed by atoms with Crippen molar-refractivity contribution in [2.24, 2.45) is 0 Å². The smallest absolute Gasteiger partial charge is 0.275 e. The van der Waals surface area contributed by atoms with Crippen LogP contribution >= 0.6 is 0 Å². The number of halogens is 1. The summed E-state index contributed by atoms with van der Waals surface area (Å²) < 4.78 is 17.5. The molecule has 0 unspecified atom stereocenters. The summed E-state index contributed by atoms with van der Waals surface area (Å²) in [6.45, 7) is 3.85. The van der Waals surface area contributed by atoms with Crippen molar-refractivity contribution in [1.82, 2.24) is 19.8 Å². The molecule has 2 amide bonds. The van der Waals surface area contributed by atoms with E-state index in [9.17, 15) is 18.8 Å². The van der Waals surface area contributed by atoms with Crippen molar-refractivity contribution < 1.29 is 14.0 Å². The van der Waals surface area contributed by atoms with Gasteiger partial charge in [0, 0.05) is 29.9 Å². The summed E-state index contributed by atoms with van der Waals surface area (Å²) >= 11 is 0. The summed E-state index contributed by atoms with van der Waals surface area (Å²) in [4.78, 5) is 38.8. The van der Waals surface area contributed by atoms with Crippen molar-refractivity contribution in [3.05, 3.63) is 118 Å². The van der Waals surface area contributed by atoms with Gasteiger partial charge in [0.2, 0.25) is 5.91 Å². The molecule has 8 nitrogen and oxygen atoms in total. The Morgan fingerprint density at radius 3 is 2.50 bits per heavy atom. The summed E-state index contributed by atoms with van der Waals surface area (Å²) in [7, 11) is 3.23. The molecule has 0 radical (unpaired) electrons. The lowest BCUT2D eigenvalue weighted by Gasteiger charge is -2.18. The van der Waals surface area contributed by atoms with Crippen LogP contribution in [0.25, 0.3) is 27.8 Å². The summed E-state index contributed by atoms with van der Waals surface area (Å²) in [6, 6.07) is 22.4. The fraction of sp³-hybridized carbons (Fsp3) is 0.182. The average Bonchev–Trinajstić information content (AvgIpc) is 3.33. The van der Waals surface area contributed by atoms with Gasteiger partial charge in [-0.05, 0) is 92.2 Å². The van der Waals surface area contributed by atoms with Gasteiger partial charge in [0.05, 0.1) is 23.8 Å². The number of carbonyl (C=O) groups is 2. The number of carbonyl (C=O) groups excluding carboxylic acids is 2. The minimum atomic E-state index is -0.494. The summed E-state index contributed by atoms with van der Waals surface area (Å²) in [6.07, 6.45) is 1.96. The Kier molecular flexibility index (Phi) is 8.04. The number of nitrogens with zero attached hydrogens (tertiary/aromatic N) is 2. The molecule has 42 heavy (non-hydrogen) atoms. The van der Waals surface area contributed by atoms with Gasteiger partial charge in [-0.25, -0.2) is 4.39 Å². The number of likely N-dealkylation sites (N-methyl/N-ethyl adjacent to an activating group) is 1. The van der Waals surface area contributed by atoms with E-state index in [2.05, 4.69) is 16.0 Å². The number of hydrogen-bond donors (Lipinski definition) is 3. The maximum atomic E-state index is 13.9. The minimum Gasteiger partial charge on any atom is -0.355 e. The van der Waals surface area contributed by atoms with Crippen LogP contribution in [0.3, 0.4) is 0 Å². The normalized spacial score (nSPS) is 11.8. The first kappa shape index (κ1) is 28.5. The fourth-order valence-electron chi connectivity index (χ4n) is 4.99. The number of pyridine rings is 1. The molecule has 0 saturated heterocycles. The zero-order chi connectivity index (χ0) is 30.0. The van der Waals surface area contributed by atoms with Gasteiger partial charge in [-0.2, -0.15) is 0 Å². The molecule has 0 spiro atoms. The van der Waals surface area contributed by atoms with Crippen LogP contribution in [0, 0.1) is 12.7 Å². The highest BCUT2D eigenvalue weighted by atomic mass is 19.1. The van der Waals surface area contributed by atoms with Crippen LogP contribution in [0.2, 0.25) is 0 Å². The van der Waals surface area contributed by atoms with Crippen LogP contribution in [0.15, 0.2) is 89.9 Å². The van der Waals surface area contributed by atoms with Crippen LogP contribution in [-0.2, 0) is 11.3 Å². The molecule has 2 aromatic heterocycles. The van der Waals surface area contributed by atoms with Gasteiger partial charge in [-0.3, -0.25) is 14.4 Å². The largest absolute Gasteiger partial charge is 0.355 e. The van der Waals surface area contributed by atoms with Crippen molar-refractivity contribution in [2.75, 3.05) is 19.4 Å². The quantitative estimate of drug-likeness (QED) is 0.250. The topological polar surface area (TPSA) is 97.2 Å². The third-order valence-electron chi connectivity index (χ3n) is 7.40. The number of anilines is 1. The molecule has 214 valence electrons. The monoisotopic (exact) mass is 565 g/mol. The Bertz CT molecular complexity index is 1870. The molecule has 0 aliphatic rings. The number of hydrogen-bond acceptors (Lipinski definition) is 4. The second-order valence-electron chi connectivity index (χ2n) is 10.2. The molecule has 0 saturated carbocycles. The number of fused-ring (bicyclic) bond motifs is 1. The molecular weight excluding hydrogens is 533 g/mol. The number of rotatable bonds is 8. The van der Waals surface area contributed by atoms with Crippen molar-refractivity contribution in [3.63, 3.8) is 0 Å². The van der Waals surface area contributed by atoms with Crippen LogP contribution in [0.4, 0.5) is 10.1 Å². The standard InChI is InChI=1S/C33H32FN5O3/c1-20-18-38(30-13-11-25(34)17-27(20)30)26-10-5-7-22(15-26)19-39-29(23-8-6-9-24(16-23)32(41)36-4)14-12-28(33(39)42)37-31(40)21(2)35-3/h5-18,21,35H,19H2,1-4H3,(H,36,41)(H,37,40)/t21-/m0/s1. The summed E-state index contributed by atoms with van der Waals surface area (Å²) in [5.74, 6) is -0.859. The number of amides is 2. The van der Waals surface area contributed by atoms with Crippen LogP contribution < -0.4 is 21.5 Å². The fourth-order valence-corrected chi connectivity index (χ4v) is 4.99. The maximum absolute atomic E-state index is 13.9. The van der Waals surface area contributed by atoms with Gasteiger partial charge >= 0.3 is 0 Å². The molecule has 9 heteroatoms.